The van der Waals surface area contributed by atoms with Crippen LogP contribution in [0.25, 0.3) is 11.1 Å². The molecule has 1 aliphatic carbocycles. The molecule has 0 aromatic heterocycles. The van der Waals surface area contributed by atoms with Gasteiger partial charge in [0.15, 0.2) is 0 Å². The van der Waals surface area contributed by atoms with Crippen molar-refractivity contribution in [1.29, 1.82) is 0 Å². The highest BCUT2D eigenvalue weighted by Crippen LogP contribution is 2.48. The van der Waals surface area contributed by atoms with E-state index >= 15 is 0 Å². The molecule has 0 atom stereocenters. The molecule has 106 valence electrons. The predicted octanol–water partition coefficient (Wildman–Crippen LogP) is 5.39. The molecule has 0 N–H and O–H groups in total. The molecule has 0 spiro atoms. The van der Waals surface area contributed by atoms with E-state index in [0.717, 1.165) is 5.56 Å². The quantitative estimate of drug-likeness (QED) is 0.565. The monoisotopic (exact) mass is 274 g/mol. The second kappa shape index (κ2) is 4.50. The highest BCUT2D eigenvalue weighted by molar-refractivity contribution is 5.81. The number of fused-ring (bicyclic) bond motifs is 3. The molecule has 3 rings (SSSR count). The van der Waals surface area contributed by atoms with E-state index in [-0.39, 0.29) is 10.8 Å². The van der Waals surface area contributed by atoms with Gasteiger partial charge < -0.3 is 0 Å². The van der Waals surface area contributed by atoms with Crippen molar-refractivity contribution in [3.63, 3.8) is 0 Å². The lowest BCUT2D eigenvalue weighted by atomic mass is 9.82. The Morgan fingerprint density at radius 2 is 1.52 bits per heavy atom. The highest BCUT2D eigenvalue weighted by atomic mass is 14.4. The minimum atomic E-state index is 0.0392. The smallest absolute Gasteiger partial charge is 0.0248 e. The Morgan fingerprint density at radius 1 is 0.857 bits per heavy atom. The van der Waals surface area contributed by atoms with Crippen molar-refractivity contribution in [3.05, 3.63) is 59.2 Å². The number of hydrogen-bond acceptors (Lipinski definition) is 0. The zero-order valence-corrected chi connectivity index (χ0v) is 13.5. The fraction of sp³-hybridized carbons (Fsp3) is 0.333. The van der Waals surface area contributed by atoms with Crippen molar-refractivity contribution >= 4 is 0 Å². The molecule has 0 amide bonds. The summed E-state index contributed by atoms with van der Waals surface area (Å²) < 4.78 is 0. The van der Waals surface area contributed by atoms with E-state index in [4.69, 9.17) is 0 Å². The summed E-state index contributed by atoms with van der Waals surface area (Å²) in [5.41, 5.74) is 6.75. The average molecular weight is 274 g/mol. The van der Waals surface area contributed by atoms with E-state index in [9.17, 15) is 0 Å². The molecule has 0 bridgehead atoms. The van der Waals surface area contributed by atoms with E-state index in [1.807, 2.05) is 0 Å². The van der Waals surface area contributed by atoms with Crippen LogP contribution < -0.4 is 0 Å². The fourth-order valence-electron chi connectivity index (χ4n) is 3.04. The molecule has 0 fully saturated rings. The lowest BCUT2D eigenvalue weighted by molar-refractivity contribution is 0.571. The molecule has 0 heterocycles. The highest BCUT2D eigenvalue weighted by Gasteiger charge is 2.34. The Labute approximate surface area is 128 Å². The first kappa shape index (κ1) is 14.0. The van der Waals surface area contributed by atoms with Crippen molar-refractivity contribution in [1.82, 2.24) is 0 Å². The summed E-state index contributed by atoms with van der Waals surface area (Å²) in [6.45, 7) is 11.0. The SMILES string of the molecule is CC(C)(C)C#Cc1ccc2c(c1)C(C)(C)c1ccccc1-2. The molecule has 0 radical (unpaired) electrons. The molecule has 0 heteroatoms. The van der Waals surface area contributed by atoms with Gasteiger partial charge in [-0.05, 0) is 55.2 Å². The molecule has 2 aromatic carbocycles. The van der Waals surface area contributed by atoms with Crippen molar-refractivity contribution in [2.45, 2.75) is 40.0 Å². The lowest BCUT2D eigenvalue weighted by Crippen LogP contribution is -2.15. The van der Waals surface area contributed by atoms with Crippen LogP contribution in [0.4, 0.5) is 0 Å². The lowest BCUT2D eigenvalue weighted by Gasteiger charge is -2.21. The van der Waals surface area contributed by atoms with Gasteiger partial charge in [0.25, 0.3) is 0 Å². The maximum absolute atomic E-state index is 3.33. The van der Waals surface area contributed by atoms with Crippen LogP contribution in [0.1, 0.15) is 51.3 Å². The summed E-state index contributed by atoms with van der Waals surface area (Å²) in [6.07, 6.45) is 0. The van der Waals surface area contributed by atoms with Gasteiger partial charge in [0.2, 0.25) is 0 Å². The van der Waals surface area contributed by atoms with Gasteiger partial charge in [-0.2, -0.15) is 0 Å². The van der Waals surface area contributed by atoms with E-state index in [1.54, 1.807) is 0 Å². The summed E-state index contributed by atoms with van der Waals surface area (Å²) >= 11 is 0. The Morgan fingerprint density at radius 3 is 2.24 bits per heavy atom. The summed E-state index contributed by atoms with van der Waals surface area (Å²) in [4.78, 5) is 0. The predicted molar refractivity (Wildman–Crippen MR) is 90.3 cm³/mol. The maximum Gasteiger partial charge on any atom is 0.0248 e. The van der Waals surface area contributed by atoms with Gasteiger partial charge in [-0.25, -0.2) is 0 Å². The van der Waals surface area contributed by atoms with Crippen LogP contribution in [0, 0.1) is 17.3 Å². The third-order valence-electron chi connectivity index (χ3n) is 4.17. The summed E-state index contributed by atoms with van der Waals surface area (Å²) in [5, 5.41) is 0. The van der Waals surface area contributed by atoms with Crippen LogP contribution in [0.3, 0.4) is 0 Å². The van der Waals surface area contributed by atoms with Crippen LogP contribution >= 0.6 is 0 Å². The van der Waals surface area contributed by atoms with E-state index < -0.39 is 0 Å². The first-order chi connectivity index (χ1) is 9.79. The molecular formula is C21H22. The maximum atomic E-state index is 3.33. The zero-order valence-electron chi connectivity index (χ0n) is 13.5. The fourth-order valence-corrected chi connectivity index (χ4v) is 3.04. The molecule has 0 saturated carbocycles. The summed E-state index contributed by atoms with van der Waals surface area (Å²) in [6, 6.07) is 15.4. The molecule has 1 aliphatic rings. The summed E-state index contributed by atoms with van der Waals surface area (Å²) in [7, 11) is 0. The van der Waals surface area contributed by atoms with Gasteiger partial charge in [-0.1, -0.05) is 56.0 Å². The van der Waals surface area contributed by atoms with Gasteiger partial charge in [-0.15, -0.1) is 0 Å². The topological polar surface area (TPSA) is 0 Å². The van der Waals surface area contributed by atoms with Gasteiger partial charge >= 0.3 is 0 Å². The largest absolute Gasteiger partial charge is 0.0920 e. The third-order valence-corrected chi connectivity index (χ3v) is 4.17. The van der Waals surface area contributed by atoms with Crippen molar-refractivity contribution in [2.24, 2.45) is 5.41 Å². The van der Waals surface area contributed by atoms with E-state index in [2.05, 4.69) is 88.9 Å². The molecule has 2 aromatic rings. The van der Waals surface area contributed by atoms with Crippen molar-refractivity contribution < 1.29 is 0 Å². The van der Waals surface area contributed by atoms with Gasteiger partial charge in [0.1, 0.15) is 0 Å². The molecule has 21 heavy (non-hydrogen) atoms. The minimum Gasteiger partial charge on any atom is -0.0920 e. The first-order valence-electron chi connectivity index (χ1n) is 7.57. The molecule has 0 nitrogen and oxygen atoms in total. The van der Waals surface area contributed by atoms with Crippen LogP contribution in [-0.2, 0) is 5.41 Å². The molecule has 0 saturated heterocycles. The van der Waals surface area contributed by atoms with E-state index in [0.29, 0.717) is 0 Å². The van der Waals surface area contributed by atoms with Gasteiger partial charge in [-0.3, -0.25) is 0 Å². The van der Waals surface area contributed by atoms with Crippen molar-refractivity contribution in [3.8, 4) is 23.0 Å². The second-order valence-corrected chi connectivity index (χ2v) is 7.43. The number of hydrogen-bond donors (Lipinski definition) is 0. The normalized spacial score (nSPS) is 14.9. The van der Waals surface area contributed by atoms with Gasteiger partial charge in [0.05, 0.1) is 0 Å². The van der Waals surface area contributed by atoms with Crippen LogP contribution in [-0.4, -0.2) is 0 Å². The Balaban J connectivity index is 2.13. The first-order valence-corrected chi connectivity index (χ1v) is 7.57. The molecular weight excluding hydrogens is 252 g/mol. The zero-order chi connectivity index (χ0) is 15.3. The minimum absolute atomic E-state index is 0.0392. The Hall–Kier alpha value is -2.00. The van der Waals surface area contributed by atoms with Gasteiger partial charge in [0, 0.05) is 16.4 Å². The number of rotatable bonds is 0. The third kappa shape index (κ3) is 2.38. The Kier molecular flexibility index (Phi) is 2.99. The van der Waals surface area contributed by atoms with E-state index in [1.165, 1.54) is 22.3 Å². The molecule has 0 unspecified atom stereocenters. The summed E-state index contributed by atoms with van der Waals surface area (Å²) in [5.74, 6) is 6.66. The van der Waals surface area contributed by atoms with Crippen LogP contribution in [0.15, 0.2) is 42.5 Å². The standard InChI is InChI=1S/C21H22/c1-20(2,3)13-12-15-10-11-17-16-8-6-7-9-18(16)21(4,5)19(17)14-15/h6-11,14H,1-5H3. The van der Waals surface area contributed by atoms with Crippen LogP contribution in [0.5, 0.6) is 0 Å². The van der Waals surface area contributed by atoms with Crippen LogP contribution in [0.2, 0.25) is 0 Å². The number of benzene rings is 2. The Bertz CT molecular complexity index is 759. The second-order valence-electron chi connectivity index (χ2n) is 7.43. The average Bonchev–Trinajstić information content (AvgIpc) is 2.65. The molecule has 0 aliphatic heterocycles. The van der Waals surface area contributed by atoms with Crippen molar-refractivity contribution in [2.75, 3.05) is 0 Å².